The van der Waals surface area contributed by atoms with Gasteiger partial charge in [0.2, 0.25) is 0 Å². The summed E-state index contributed by atoms with van der Waals surface area (Å²) in [4.78, 5) is 0.350. The minimum absolute atomic E-state index is 0.350. The fourth-order valence-corrected chi connectivity index (χ4v) is 3.02. The van der Waals surface area contributed by atoms with Crippen molar-refractivity contribution >= 4 is 9.84 Å². The molecular weight excluding hydrogens is 310 g/mol. The molecule has 118 valence electrons. The van der Waals surface area contributed by atoms with Gasteiger partial charge in [-0.3, -0.25) is 0 Å². The maximum absolute atomic E-state index is 11.6. The van der Waals surface area contributed by atoms with E-state index in [4.69, 9.17) is 0 Å². The van der Waals surface area contributed by atoms with Gasteiger partial charge < -0.3 is 0 Å². The molecule has 0 unspecified atom stereocenters. The monoisotopic (exact) mass is 327 g/mol. The lowest BCUT2D eigenvalue weighted by atomic mass is 10.1. The Balaban J connectivity index is 1.71. The van der Waals surface area contributed by atoms with E-state index in [9.17, 15) is 8.42 Å². The van der Waals surface area contributed by atoms with E-state index in [1.165, 1.54) is 6.26 Å². The first kappa shape index (κ1) is 15.4. The van der Waals surface area contributed by atoms with E-state index in [2.05, 4.69) is 10.3 Å². The number of aryl methyl sites for hydroxylation is 2. The summed E-state index contributed by atoms with van der Waals surface area (Å²) in [6, 6.07) is 16.8. The lowest BCUT2D eigenvalue weighted by molar-refractivity contribution is 0.601. The van der Waals surface area contributed by atoms with Gasteiger partial charge in [-0.15, -0.1) is 5.10 Å². The summed E-state index contributed by atoms with van der Waals surface area (Å²) >= 11 is 0. The molecule has 0 N–H and O–H groups in total. The Morgan fingerprint density at radius 1 is 1.00 bits per heavy atom. The molecule has 0 aliphatic carbocycles. The topological polar surface area (TPSA) is 64.8 Å². The highest BCUT2D eigenvalue weighted by atomic mass is 32.2. The highest BCUT2D eigenvalue weighted by Gasteiger charge is 2.08. The molecule has 0 radical (unpaired) electrons. The lowest BCUT2D eigenvalue weighted by Crippen LogP contribution is -1.99. The van der Waals surface area contributed by atoms with Crippen molar-refractivity contribution in [2.45, 2.75) is 17.7 Å². The number of rotatable bonds is 5. The largest absolute Gasteiger partial charge is 0.224 e. The highest BCUT2D eigenvalue weighted by molar-refractivity contribution is 7.90. The Bertz CT molecular complexity index is 902. The predicted octanol–water partition coefficient (Wildman–Crippen LogP) is 2.46. The molecule has 0 saturated carbocycles. The third-order valence-corrected chi connectivity index (χ3v) is 4.67. The van der Waals surface area contributed by atoms with Gasteiger partial charge in [-0.25, -0.2) is 13.1 Å². The molecule has 0 spiro atoms. The summed E-state index contributed by atoms with van der Waals surface area (Å²) in [5, 5.41) is 8.30. The summed E-state index contributed by atoms with van der Waals surface area (Å²) in [5.74, 6) is 0. The zero-order chi connectivity index (χ0) is 16.3. The Labute approximate surface area is 135 Å². The molecule has 0 atom stereocenters. The Hall–Kier alpha value is -2.47. The van der Waals surface area contributed by atoms with Crippen molar-refractivity contribution in [1.29, 1.82) is 0 Å². The first-order chi connectivity index (χ1) is 11.0. The molecule has 0 aliphatic heterocycles. The third-order valence-electron chi connectivity index (χ3n) is 3.56. The van der Waals surface area contributed by atoms with E-state index < -0.39 is 9.84 Å². The molecular formula is C17H17N3O2S. The SMILES string of the molecule is CS(=O)(=O)c1cccc(CCc2cn(-c3ccccc3)nn2)c1. The minimum atomic E-state index is -3.17. The fraction of sp³-hybridized carbons (Fsp3) is 0.176. The second-order valence-electron chi connectivity index (χ2n) is 5.41. The van der Waals surface area contributed by atoms with E-state index >= 15 is 0 Å². The molecule has 1 aromatic heterocycles. The second-order valence-corrected chi connectivity index (χ2v) is 7.43. The van der Waals surface area contributed by atoms with Crippen LogP contribution in [-0.4, -0.2) is 29.7 Å². The van der Waals surface area contributed by atoms with Crippen LogP contribution < -0.4 is 0 Å². The number of hydrogen-bond donors (Lipinski definition) is 0. The number of para-hydroxylation sites is 1. The summed E-state index contributed by atoms with van der Waals surface area (Å²) in [6.07, 6.45) is 4.55. The standard InChI is InChI=1S/C17H17N3O2S/c1-23(21,22)17-9-5-6-14(12-17)10-11-15-13-20(19-18-15)16-7-3-2-4-8-16/h2-9,12-13H,10-11H2,1H3. The van der Waals surface area contributed by atoms with E-state index in [1.54, 1.807) is 22.9 Å². The van der Waals surface area contributed by atoms with Crippen molar-refractivity contribution in [2.24, 2.45) is 0 Å². The maximum atomic E-state index is 11.6. The maximum Gasteiger partial charge on any atom is 0.175 e. The van der Waals surface area contributed by atoms with Crippen LogP contribution in [0.2, 0.25) is 0 Å². The van der Waals surface area contributed by atoms with Gasteiger partial charge in [0.25, 0.3) is 0 Å². The van der Waals surface area contributed by atoms with Crippen LogP contribution in [0, 0.1) is 0 Å². The number of aromatic nitrogens is 3. The predicted molar refractivity (Wildman–Crippen MR) is 88.3 cm³/mol. The summed E-state index contributed by atoms with van der Waals surface area (Å²) in [5.41, 5.74) is 2.81. The Morgan fingerprint density at radius 2 is 1.78 bits per heavy atom. The number of sulfone groups is 1. The van der Waals surface area contributed by atoms with Crippen molar-refractivity contribution in [1.82, 2.24) is 15.0 Å². The van der Waals surface area contributed by atoms with Crippen molar-refractivity contribution in [3.05, 3.63) is 72.1 Å². The van der Waals surface area contributed by atoms with Crippen LogP contribution in [0.5, 0.6) is 0 Å². The van der Waals surface area contributed by atoms with Crippen LogP contribution in [0.25, 0.3) is 5.69 Å². The molecule has 0 fully saturated rings. The molecule has 2 aromatic carbocycles. The molecule has 3 rings (SSSR count). The summed E-state index contributed by atoms with van der Waals surface area (Å²) < 4.78 is 24.9. The van der Waals surface area contributed by atoms with Crippen molar-refractivity contribution in [3.8, 4) is 5.69 Å². The molecule has 6 heteroatoms. The zero-order valence-electron chi connectivity index (χ0n) is 12.8. The van der Waals surface area contributed by atoms with Crippen LogP contribution >= 0.6 is 0 Å². The van der Waals surface area contributed by atoms with Crippen molar-refractivity contribution < 1.29 is 8.42 Å². The van der Waals surface area contributed by atoms with Gasteiger partial charge in [-0.05, 0) is 42.7 Å². The smallest absolute Gasteiger partial charge is 0.175 e. The molecule has 0 aliphatic rings. The van der Waals surface area contributed by atoms with Crippen LogP contribution in [0.15, 0.2) is 65.7 Å². The number of hydrogen-bond acceptors (Lipinski definition) is 4. The van der Waals surface area contributed by atoms with Gasteiger partial charge in [0.15, 0.2) is 9.84 Å². The van der Waals surface area contributed by atoms with Gasteiger partial charge in [0, 0.05) is 6.26 Å². The molecule has 0 amide bonds. The second kappa shape index (κ2) is 6.34. The summed E-state index contributed by atoms with van der Waals surface area (Å²) in [7, 11) is -3.17. The Kier molecular flexibility index (Phi) is 4.25. The van der Waals surface area contributed by atoms with Crippen molar-refractivity contribution in [3.63, 3.8) is 0 Å². The molecule has 0 bridgehead atoms. The summed E-state index contributed by atoms with van der Waals surface area (Å²) in [6.45, 7) is 0. The van der Waals surface area contributed by atoms with Crippen LogP contribution in [-0.2, 0) is 22.7 Å². The van der Waals surface area contributed by atoms with E-state index in [0.29, 0.717) is 11.3 Å². The first-order valence-corrected chi connectivity index (χ1v) is 9.17. The van der Waals surface area contributed by atoms with Gasteiger partial charge >= 0.3 is 0 Å². The van der Waals surface area contributed by atoms with Crippen LogP contribution in [0.1, 0.15) is 11.3 Å². The van der Waals surface area contributed by atoms with Crippen molar-refractivity contribution in [2.75, 3.05) is 6.26 Å². The number of nitrogens with zero attached hydrogens (tertiary/aromatic N) is 3. The third kappa shape index (κ3) is 3.84. The fourth-order valence-electron chi connectivity index (χ4n) is 2.32. The van der Waals surface area contributed by atoms with Crippen LogP contribution in [0.4, 0.5) is 0 Å². The number of benzene rings is 2. The van der Waals surface area contributed by atoms with Gasteiger partial charge in [-0.2, -0.15) is 0 Å². The molecule has 3 aromatic rings. The average Bonchev–Trinajstić information content (AvgIpc) is 3.02. The van der Waals surface area contributed by atoms with Gasteiger partial charge in [0.1, 0.15) is 0 Å². The lowest BCUT2D eigenvalue weighted by Gasteiger charge is -2.02. The molecule has 0 saturated heterocycles. The van der Waals surface area contributed by atoms with E-state index in [1.807, 2.05) is 42.6 Å². The highest BCUT2D eigenvalue weighted by Crippen LogP contribution is 2.13. The quantitative estimate of drug-likeness (QED) is 0.722. The van der Waals surface area contributed by atoms with E-state index in [0.717, 1.165) is 23.4 Å². The molecule has 23 heavy (non-hydrogen) atoms. The van der Waals surface area contributed by atoms with Crippen LogP contribution in [0.3, 0.4) is 0 Å². The normalized spacial score (nSPS) is 11.5. The molecule has 1 heterocycles. The zero-order valence-corrected chi connectivity index (χ0v) is 13.6. The first-order valence-electron chi connectivity index (χ1n) is 7.28. The van der Waals surface area contributed by atoms with Gasteiger partial charge in [-0.1, -0.05) is 35.5 Å². The molecule has 5 nitrogen and oxygen atoms in total. The average molecular weight is 327 g/mol. The Morgan fingerprint density at radius 3 is 2.52 bits per heavy atom. The minimum Gasteiger partial charge on any atom is -0.224 e. The van der Waals surface area contributed by atoms with Gasteiger partial charge in [0.05, 0.1) is 22.5 Å². The van der Waals surface area contributed by atoms with E-state index in [-0.39, 0.29) is 0 Å².